The van der Waals surface area contributed by atoms with Gasteiger partial charge in [0.1, 0.15) is 22.7 Å². The van der Waals surface area contributed by atoms with E-state index in [0.29, 0.717) is 44.8 Å². The molecule has 7 rings (SSSR count). The number of imidazole rings is 1. The molecule has 3 N–H and O–H groups in total. The van der Waals surface area contributed by atoms with E-state index in [9.17, 15) is 4.79 Å². The van der Waals surface area contributed by atoms with Crippen LogP contribution in [0.2, 0.25) is 0 Å². The van der Waals surface area contributed by atoms with Crippen molar-refractivity contribution in [3.05, 3.63) is 65.7 Å². The van der Waals surface area contributed by atoms with Crippen LogP contribution in [-0.4, -0.2) is 36.0 Å². The number of carbonyl (C=O) groups excluding carboxylic acids is 1. The Bertz CT molecular complexity index is 1860. The molecule has 1 aromatic carbocycles. The number of hydrogen-bond acceptors (Lipinski definition) is 6. The summed E-state index contributed by atoms with van der Waals surface area (Å²) in [5, 5.41) is 10.6. The van der Waals surface area contributed by atoms with Crippen LogP contribution in [-0.2, 0) is 4.79 Å². The number of carbonyl (C=O) groups is 1. The van der Waals surface area contributed by atoms with E-state index in [-0.39, 0.29) is 11.8 Å². The molecule has 0 aliphatic heterocycles. The number of amides is 1. The Hall–Kier alpha value is -4.44. The van der Waals surface area contributed by atoms with Gasteiger partial charge < -0.3 is 10.3 Å². The molecule has 0 spiro atoms. The number of nitrogens with one attached hydrogen (secondary N) is 3. The van der Waals surface area contributed by atoms with Crippen molar-refractivity contribution in [2.75, 3.05) is 5.32 Å². The molecule has 1 saturated carbocycles. The number of pyridine rings is 2. The third-order valence-electron chi connectivity index (χ3n) is 7.31. The van der Waals surface area contributed by atoms with Gasteiger partial charge in [0, 0.05) is 34.3 Å². The number of rotatable bonds is 5. The molecule has 194 valence electrons. The molecule has 1 amide bonds. The van der Waals surface area contributed by atoms with Crippen LogP contribution < -0.4 is 5.32 Å². The van der Waals surface area contributed by atoms with E-state index in [2.05, 4.69) is 43.5 Å². The molecule has 8 nitrogen and oxygen atoms in total. The molecule has 5 heterocycles. The molecule has 0 radical (unpaired) electrons. The second-order valence-electron chi connectivity index (χ2n) is 9.91. The number of aryl methyl sites for hydroxylation is 1. The summed E-state index contributed by atoms with van der Waals surface area (Å²) in [6.45, 7) is 2.05. The van der Waals surface area contributed by atoms with E-state index in [1.54, 1.807) is 48.1 Å². The van der Waals surface area contributed by atoms with Crippen molar-refractivity contribution in [1.29, 1.82) is 0 Å². The van der Waals surface area contributed by atoms with Gasteiger partial charge in [0.25, 0.3) is 0 Å². The van der Waals surface area contributed by atoms with Crippen LogP contribution in [0.5, 0.6) is 0 Å². The average molecular weight is 538 g/mol. The highest BCUT2D eigenvalue weighted by Gasteiger charge is 2.24. The second-order valence-corrected chi connectivity index (χ2v) is 11.2. The Kier molecular flexibility index (Phi) is 5.70. The van der Waals surface area contributed by atoms with Gasteiger partial charge in [-0.15, -0.1) is 11.3 Å². The lowest BCUT2D eigenvalue weighted by atomic mass is 10.0. The number of benzene rings is 1. The van der Waals surface area contributed by atoms with Gasteiger partial charge in [-0.05, 0) is 56.2 Å². The Morgan fingerprint density at radius 2 is 1.95 bits per heavy atom. The molecule has 5 aromatic heterocycles. The zero-order valence-corrected chi connectivity index (χ0v) is 21.9. The number of H-pyrrole nitrogens is 2. The highest BCUT2D eigenvalue weighted by atomic mass is 32.1. The topological polar surface area (TPSA) is 112 Å². The van der Waals surface area contributed by atoms with Crippen molar-refractivity contribution in [2.24, 2.45) is 5.92 Å². The maximum absolute atomic E-state index is 16.1. The minimum absolute atomic E-state index is 0.00375. The molecule has 0 unspecified atom stereocenters. The summed E-state index contributed by atoms with van der Waals surface area (Å²) in [4.78, 5) is 31.7. The fourth-order valence-electron chi connectivity index (χ4n) is 5.34. The van der Waals surface area contributed by atoms with Crippen molar-refractivity contribution in [1.82, 2.24) is 30.1 Å². The van der Waals surface area contributed by atoms with Crippen LogP contribution >= 0.6 is 11.3 Å². The van der Waals surface area contributed by atoms with E-state index < -0.39 is 5.82 Å². The first-order chi connectivity index (χ1) is 19.0. The summed E-state index contributed by atoms with van der Waals surface area (Å²) in [5.74, 6) is 0.0325. The molecule has 1 aliphatic rings. The van der Waals surface area contributed by atoms with E-state index in [1.807, 2.05) is 12.1 Å². The molecule has 39 heavy (non-hydrogen) atoms. The lowest BCUT2D eigenvalue weighted by Crippen LogP contribution is -2.20. The monoisotopic (exact) mass is 537 g/mol. The molecule has 0 saturated heterocycles. The number of anilines is 1. The molecule has 0 bridgehead atoms. The standard InChI is InChI=1S/C29H24FN7OS/c1-15-6-9-22(39-15)26-25-21(10-11-32-26)34-28(35-25)27-23-20(36-37-27)8-7-19(24(23)30)17-12-18(14-31-13-17)33-29(38)16-4-2-3-5-16/h6-14,16H,2-5H2,1H3,(H,33,38)(H,34,35)(H,36,37). The van der Waals surface area contributed by atoms with Crippen LogP contribution in [0.1, 0.15) is 30.6 Å². The number of fused-ring (bicyclic) bond motifs is 2. The molecular formula is C29H24FN7OS. The van der Waals surface area contributed by atoms with Crippen LogP contribution in [0.15, 0.2) is 55.0 Å². The first kappa shape index (κ1) is 23.7. The first-order valence-electron chi connectivity index (χ1n) is 12.9. The van der Waals surface area contributed by atoms with Crippen molar-refractivity contribution < 1.29 is 9.18 Å². The summed E-state index contributed by atoms with van der Waals surface area (Å²) in [5.41, 5.74) is 4.69. The fourth-order valence-corrected chi connectivity index (χ4v) is 6.21. The quantitative estimate of drug-likeness (QED) is 0.222. The molecule has 1 aliphatic carbocycles. The van der Waals surface area contributed by atoms with Crippen LogP contribution in [0.25, 0.3) is 55.2 Å². The van der Waals surface area contributed by atoms with E-state index >= 15 is 4.39 Å². The lowest BCUT2D eigenvalue weighted by Gasteiger charge is -2.11. The van der Waals surface area contributed by atoms with Gasteiger partial charge in [-0.3, -0.25) is 19.9 Å². The van der Waals surface area contributed by atoms with Crippen LogP contribution in [0.3, 0.4) is 0 Å². The summed E-state index contributed by atoms with van der Waals surface area (Å²) < 4.78 is 16.1. The SMILES string of the molecule is Cc1ccc(-c2nccc3[nH]c(-c4n[nH]c5ccc(-c6cncc(NC(=O)C7CCCC7)c6)c(F)c45)nc23)s1. The predicted octanol–water partition coefficient (Wildman–Crippen LogP) is 6.87. The van der Waals surface area contributed by atoms with Crippen molar-refractivity contribution in [3.63, 3.8) is 0 Å². The molecule has 0 atom stereocenters. The van der Waals surface area contributed by atoms with Crippen LogP contribution in [0.4, 0.5) is 10.1 Å². The molecular weight excluding hydrogens is 513 g/mol. The van der Waals surface area contributed by atoms with Gasteiger partial charge in [-0.25, -0.2) is 9.37 Å². The van der Waals surface area contributed by atoms with Gasteiger partial charge in [0.05, 0.1) is 33.2 Å². The number of hydrogen-bond donors (Lipinski definition) is 3. The number of halogens is 1. The fraction of sp³-hybridized carbons (Fsp3) is 0.207. The highest BCUT2D eigenvalue weighted by Crippen LogP contribution is 2.36. The maximum Gasteiger partial charge on any atom is 0.227 e. The highest BCUT2D eigenvalue weighted by molar-refractivity contribution is 7.15. The normalized spacial score (nSPS) is 14.0. The summed E-state index contributed by atoms with van der Waals surface area (Å²) >= 11 is 1.65. The third-order valence-corrected chi connectivity index (χ3v) is 8.32. The van der Waals surface area contributed by atoms with Gasteiger partial charge in [-0.1, -0.05) is 12.8 Å². The smallest absolute Gasteiger partial charge is 0.227 e. The van der Waals surface area contributed by atoms with E-state index in [1.165, 1.54) is 4.88 Å². The number of aromatic nitrogens is 6. The number of aromatic amines is 2. The van der Waals surface area contributed by atoms with Gasteiger partial charge in [0.15, 0.2) is 5.82 Å². The van der Waals surface area contributed by atoms with Gasteiger partial charge in [-0.2, -0.15) is 5.10 Å². The molecule has 10 heteroatoms. The number of nitrogens with zero attached hydrogens (tertiary/aromatic N) is 4. The first-order valence-corrected chi connectivity index (χ1v) is 13.7. The van der Waals surface area contributed by atoms with Crippen LogP contribution in [0, 0.1) is 18.7 Å². The predicted molar refractivity (Wildman–Crippen MR) is 151 cm³/mol. The van der Waals surface area contributed by atoms with E-state index in [4.69, 9.17) is 4.98 Å². The Morgan fingerprint density at radius 1 is 1.08 bits per heavy atom. The summed E-state index contributed by atoms with van der Waals surface area (Å²) in [7, 11) is 0. The van der Waals surface area contributed by atoms with Crippen molar-refractivity contribution in [2.45, 2.75) is 32.6 Å². The zero-order valence-electron chi connectivity index (χ0n) is 21.1. The third kappa shape index (κ3) is 4.17. The minimum Gasteiger partial charge on any atom is -0.336 e. The van der Waals surface area contributed by atoms with Gasteiger partial charge >= 0.3 is 0 Å². The second kappa shape index (κ2) is 9.39. The Morgan fingerprint density at radius 3 is 2.77 bits per heavy atom. The lowest BCUT2D eigenvalue weighted by molar-refractivity contribution is -0.119. The molecule has 6 aromatic rings. The Labute approximate surface area is 226 Å². The zero-order chi connectivity index (χ0) is 26.5. The average Bonchev–Trinajstić information content (AvgIpc) is 3.75. The summed E-state index contributed by atoms with van der Waals surface area (Å²) in [6.07, 6.45) is 8.88. The van der Waals surface area contributed by atoms with E-state index in [0.717, 1.165) is 41.8 Å². The van der Waals surface area contributed by atoms with Crippen molar-refractivity contribution >= 4 is 44.9 Å². The maximum atomic E-state index is 16.1. The van der Waals surface area contributed by atoms with Gasteiger partial charge in [0.2, 0.25) is 5.91 Å². The number of thiophene rings is 1. The molecule has 1 fully saturated rings. The summed E-state index contributed by atoms with van der Waals surface area (Å²) in [6, 6.07) is 11.2. The Balaban J connectivity index is 1.28. The largest absolute Gasteiger partial charge is 0.336 e. The minimum atomic E-state index is -0.440. The van der Waals surface area contributed by atoms with Crippen molar-refractivity contribution in [3.8, 4) is 33.2 Å².